The van der Waals surface area contributed by atoms with Gasteiger partial charge < -0.3 is 14.5 Å². The highest BCUT2D eigenvalue weighted by atomic mass is 16.6. The van der Waals surface area contributed by atoms with Gasteiger partial charge in [0.25, 0.3) is 0 Å². The minimum absolute atomic E-state index is 0.450. The topological polar surface area (TPSA) is 51.0 Å². The lowest BCUT2D eigenvalue weighted by Crippen LogP contribution is -2.27. The van der Waals surface area contributed by atoms with Crippen LogP contribution in [0.4, 0.5) is 0 Å². The summed E-state index contributed by atoms with van der Waals surface area (Å²) in [4.78, 5) is 4.58. The molecular formula is C9H10BNO3. The van der Waals surface area contributed by atoms with Crippen molar-refractivity contribution >= 4 is 18.8 Å². The van der Waals surface area contributed by atoms with E-state index in [0.29, 0.717) is 6.61 Å². The van der Waals surface area contributed by atoms with Crippen LogP contribution in [0, 0.1) is 0 Å². The van der Waals surface area contributed by atoms with Crippen LogP contribution in [0.25, 0.3) is 0 Å². The Morgan fingerprint density at radius 2 is 2.50 bits per heavy atom. The van der Waals surface area contributed by atoms with Crippen LogP contribution in [0.5, 0.6) is 0 Å². The van der Waals surface area contributed by atoms with E-state index in [0.717, 1.165) is 16.6 Å². The molecule has 5 heteroatoms. The number of nitrogens with zero attached hydrogens (tertiary/aromatic N) is 1. The highest BCUT2D eigenvalue weighted by molar-refractivity contribution is 6.61. The summed E-state index contributed by atoms with van der Waals surface area (Å²) in [6, 6.07) is 5.62. The minimum atomic E-state index is -0.779. The summed E-state index contributed by atoms with van der Waals surface area (Å²) < 4.78 is 5.06. The van der Waals surface area contributed by atoms with Gasteiger partial charge in [-0.05, 0) is 22.7 Å². The zero-order valence-corrected chi connectivity index (χ0v) is 7.80. The second kappa shape index (κ2) is 3.81. The summed E-state index contributed by atoms with van der Waals surface area (Å²) >= 11 is 0. The fourth-order valence-corrected chi connectivity index (χ4v) is 1.44. The number of oxime groups is 1. The van der Waals surface area contributed by atoms with E-state index in [1.54, 1.807) is 6.21 Å². The fraction of sp³-hybridized carbons (Fsp3) is 0.222. The first-order chi connectivity index (χ1) is 6.81. The zero-order chi connectivity index (χ0) is 9.97. The van der Waals surface area contributed by atoms with Gasteiger partial charge in [0.05, 0.1) is 12.8 Å². The Kier molecular flexibility index (Phi) is 2.52. The summed E-state index contributed by atoms with van der Waals surface area (Å²) in [6.07, 6.45) is 1.62. The van der Waals surface area contributed by atoms with Crippen LogP contribution in [-0.4, -0.2) is 25.5 Å². The van der Waals surface area contributed by atoms with Gasteiger partial charge in [-0.15, -0.1) is 0 Å². The lowest BCUT2D eigenvalue weighted by Gasteiger charge is -1.98. The number of hydrogen-bond acceptors (Lipinski definition) is 4. The monoisotopic (exact) mass is 191 g/mol. The quantitative estimate of drug-likeness (QED) is 0.403. The third-order valence-electron chi connectivity index (χ3n) is 2.14. The first-order valence-corrected chi connectivity index (χ1v) is 4.30. The van der Waals surface area contributed by atoms with E-state index in [1.165, 1.54) is 7.11 Å². The van der Waals surface area contributed by atoms with E-state index in [-0.39, 0.29) is 0 Å². The summed E-state index contributed by atoms with van der Waals surface area (Å²) in [6.45, 7) is 0.450. The van der Waals surface area contributed by atoms with Crippen molar-refractivity contribution in [3.63, 3.8) is 0 Å². The number of hydrogen-bond donors (Lipinski definition) is 1. The zero-order valence-electron chi connectivity index (χ0n) is 7.80. The second-order valence-corrected chi connectivity index (χ2v) is 3.04. The molecule has 0 aliphatic carbocycles. The van der Waals surface area contributed by atoms with E-state index in [2.05, 4.69) is 9.99 Å². The predicted octanol–water partition coefficient (Wildman–Crippen LogP) is -0.115. The molecule has 2 rings (SSSR count). The van der Waals surface area contributed by atoms with Crippen LogP contribution in [0.2, 0.25) is 0 Å². The molecule has 1 aromatic rings. The molecule has 0 aromatic heterocycles. The van der Waals surface area contributed by atoms with Crippen molar-refractivity contribution in [3.8, 4) is 0 Å². The normalized spacial score (nSPS) is 14.9. The van der Waals surface area contributed by atoms with Crippen molar-refractivity contribution < 1.29 is 14.5 Å². The maximum absolute atomic E-state index is 9.37. The Morgan fingerprint density at radius 3 is 3.29 bits per heavy atom. The predicted molar refractivity (Wildman–Crippen MR) is 53.4 cm³/mol. The SMILES string of the molecule is CO/N=C/c1ccc2c(c1)COB2O. The van der Waals surface area contributed by atoms with E-state index in [1.807, 2.05) is 18.2 Å². The fourth-order valence-electron chi connectivity index (χ4n) is 1.44. The van der Waals surface area contributed by atoms with Gasteiger partial charge in [-0.25, -0.2) is 0 Å². The largest absolute Gasteiger partial charge is 0.491 e. The lowest BCUT2D eigenvalue weighted by atomic mass is 9.79. The Hall–Kier alpha value is -1.33. The summed E-state index contributed by atoms with van der Waals surface area (Å²) in [7, 11) is 0.718. The third kappa shape index (κ3) is 1.64. The van der Waals surface area contributed by atoms with Crippen molar-refractivity contribution in [2.45, 2.75) is 6.61 Å². The molecule has 1 heterocycles. The molecule has 1 aromatic carbocycles. The molecule has 0 bridgehead atoms. The number of rotatable bonds is 2. The molecule has 0 amide bonds. The molecule has 0 saturated carbocycles. The van der Waals surface area contributed by atoms with Gasteiger partial charge >= 0.3 is 7.12 Å². The van der Waals surface area contributed by atoms with E-state index >= 15 is 0 Å². The van der Waals surface area contributed by atoms with E-state index in [9.17, 15) is 5.02 Å². The van der Waals surface area contributed by atoms with Crippen LogP contribution in [-0.2, 0) is 16.1 Å². The molecule has 0 fully saturated rings. The molecule has 1 N–H and O–H groups in total. The van der Waals surface area contributed by atoms with Crippen LogP contribution in [0.15, 0.2) is 23.4 Å². The first kappa shape index (κ1) is 9.24. The summed E-state index contributed by atoms with van der Waals surface area (Å²) in [5, 5.41) is 13.0. The van der Waals surface area contributed by atoms with Crippen molar-refractivity contribution in [2.75, 3.05) is 7.11 Å². The van der Waals surface area contributed by atoms with Gasteiger partial charge in [0.1, 0.15) is 7.11 Å². The molecule has 0 radical (unpaired) electrons. The van der Waals surface area contributed by atoms with Crippen LogP contribution in [0.3, 0.4) is 0 Å². The smallest absolute Gasteiger partial charge is 0.423 e. The maximum Gasteiger partial charge on any atom is 0.491 e. The summed E-state index contributed by atoms with van der Waals surface area (Å²) in [5.74, 6) is 0. The number of fused-ring (bicyclic) bond motifs is 1. The van der Waals surface area contributed by atoms with Gasteiger partial charge in [-0.3, -0.25) is 0 Å². The maximum atomic E-state index is 9.37. The van der Waals surface area contributed by atoms with Crippen LogP contribution < -0.4 is 5.46 Å². The molecule has 1 aliphatic heterocycles. The standard InChI is InChI=1S/C9H10BNO3/c1-13-11-5-7-2-3-9-8(4-7)6-14-10(9)12/h2-5,12H,6H2,1H3/b11-5+. The second-order valence-electron chi connectivity index (χ2n) is 3.04. The molecule has 14 heavy (non-hydrogen) atoms. The molecular weight excluding hydrogens is 181 g/mol. The first-order valence-electron chi connectivity index (χ1n) is 4.30. The van der Waals surface area contributed by atoms with Gasteiger partial charge in [0.15, 0.2) is 0 Å². The highest BCUT2D eigenvalue weighted by Crippen LogP contribution is 2.10. The molecule has 0 unspecified atom stereocenters. The molecule has 0 spiro atoms. The van der Waals surface area contributed by atoms with Crippen LogP contribution in [0.1, 0.15) is 11.1 Å². The van der Waals surface area contributed by atoms with Crippen molar-refractivity contribution in [3.05, 3.63) is 29.3 Å². The lowest BCUT2D eigenvalue weighted by molar-refractivity contribution is 0.215. The van der Waals surface area contributed by atoms with Gasteiger partial charge in [0, 0.05) is 0 Å². The van der Waals surface area contributed by atoms with Gasteiger partial charge in [-0.2, -0.15) is 0 Å². The third-order valence-corrected chi connectivity index (χ3v) is 2.14. The van der Waals surface area contributed by atoms with E-state index in [4.69, 9.17) is 4.65 Å². The molecule has 72 valence electrons. The Balaban J connectivity index is 2.28. The van der Waals surface area contributed by atoms with Crippen molar-refractivity contribution in [1.82, 2.24) is 0 Å². The van der Waals surface area contributed by atoms with E-state index < -0.39 is 7.12 Å². The van der Waals surface area contributed by atoms with Crippen molar-refractivity contribution in [1.29, 1.82) is 0 Å². The summed E-state index contributed by atoms with van der Waals surface area (Å²) in [5.41, 5.74) is 2.76. The van der Waals surface area contributed by atoms with Gasteiger partial charge in [-0.1, -0.05) is 17.3 Å². The highest BCUT2D eigenvalue weighted by Gasteiger charge is 2.26. The van der Waals surface area contributed by atoms with Gasteiger partial charge in [0.2, 0.25) is 0 Å². The Morgan fingerprint density at radius 1 is 1.64 bits per heavy atom. The molecule has 0 saturated heterocycles. The Bertz CT molecular complexity index is 367. The average molecular weight is 191 g/mol. The molecule has 4 nitrogen and oxygen atoms in total. The minimum Gasteiger partial charge on any atom is -0.423 e. The molecule has 0 atom stereocenters. The average Bonchev–Trinajstić information content (AvgIpc) is 2.57. The van der Waals surface area contributed by atoms with Crippen molar-refractivity contribution in [2.24, 2.45) is 5.16 Å². The molecule has 1 aliphatic rings. The number of benzene rings is 1. The van der Waals surface area contributed by atoms with Crippen LogP contribution >= 0.6 is 0 Å². The Labute approximate surface area is 82.3 Å².